The number of carbonyl (C=O) groups excluding carboxylic acids is 4. The second-order valence-corrected chi connectivity index (χ2v) is 10.0. The van der Waals surface area contributed by atoms with Gasteiger partial charge in [-0.15, -0.1) is 0 Å². The molecule has 1 aliphatic carbocycles. The number of amides is 3. The van der Waals surface area contributed by atoms with E-state index in [9.17, 15) is 23.6 Å². The van der Waals surface area contributed by atoms with E-state index in [0.29, 0.717) is 5.56 Å². The summed E-state index contributed by atoms with van der Waals surface area (Å²) in [5.41, 5.74) is -0.339. The van der Waals surface area contributed by atoms with Crippen molar-refractivity contribution < 1.29 is 33.0 Å². The predicted molar refractivity (Wildman–Crippen MR) is 133 cm³/mol. The Hall–Kier alpha value is -3.17. The number of anilines is 1. The third kappa shape index (κ3) is 9.13. The van der Waals surface area contributed by atoms with Gasteiger partial charge in [0.2, 0.25) is 11.8 Å². The highest BCUT2D eigenvalue weighted by Gasteiger charge is 2.33. The Balaban J connectivity index is 2.15. The van der Waals surface area contributed by atoms with Crippen LogP contribution in [0.4, 0.5) is 14.9 Å². The zero-order valence-corrected chi connectivity index (χ0v) is 21.7. The molecule has 2 atom stereocenters. The van der Waals surface area contributed by atoms with E-state index in [2.05, 4.69) is 16.0 Å². The van der Waals surface area contributed by atoms with Crippen molar-refractivity contribution in [1.82, 2.24) is 10.6 Å². The Morgan fingerprint density at radius 2 is 1.75 bits per heavy atom. The monoisotopic (exact) mass is 507 g/mol. The molecule has 1 aliphatic rings. The van der Waals surface area contributed by atoms with Crippen LogP contribution in [-0.4, -0.2) is 48.7 Å². The normalized spacial score (nSPS) is 15.8. The van der Waals surface area contributed by atoms with Crippen molar-refractivity contribution in [1.29, 1.82) is 0 Å². The maximum atomic E-state index is 14.9. The minimum absolute atomic E-state index is 0.0223. The smallest absolute Gasteiger partial charge is 0.408 e. The second kappa shape index (κ2) is 13.2. The van der Waals surface area contributed by atoms with E-state index in [1.54, 1.807) is 33.8 Å². The summed E-state index contributed by atoms with van der Waals surface area (Å²) in [4.78, 5) is 49.3. The molecule has 0 aromatic heterocycles. The summed E-state index contributed by atoms with van der Waals surface area (Å²) in [5, 5.41) is 7.82. The van der Waals surface area contributed by atoms with Crippen molar-refractivity contribution in [3.63, 3.8) is 0 Å². The molecule has 1 fully saturated rings. The average molecular weight is 508 g/mol. The summed E-state index contributed by atoms with van der Waals surface area (Å²) in [6.45, 7) is 6.85. The first-order valence-corrected chi connectivity index (χ1v) is 12.4. The highest BCUT2D eigenvalue weighted by Crippen LogP contribution is 2.28. The number of ether oxygens (including phenoxy) is 2. The summed E-state index contributed by atoms with van der Waals surface area (Å²) in [6, 6.07) is 2.32. The molecule has 9 nitrogen and oxygen atoms in total. The Kier molecular flexibility index (Phi) is 10.7. The fraction of sp³-hybridized carbons (Fsp3) is 0.615. The molecule has 200 valence electrons. The van der Waals surface area contributed by atoms with Gasteiger partial charge in [-0.2, -0.15) is 0 Å². The van der Waals surface area contributed by atoms with Gasteiger partial charge in [0.15, 0.2) is 0 Å². The van der Waals surface area contributed by atoms with Gasteiger partial charge in [0.05, 0.1) is 12.8 Å². The van der Waals surface area contributed by atoms with Crippen LogP contribution >= 0.6 is 0 Å². The molecule has 10 heteroatoms. The lowest BCUT2D eigenvalue weighted by Gasteiger charge is -2.31. The van der Waals surface area contributed by atoms with E-state index in [-0.39, 0.29) is 30.4 Å². The van der Waals surface area contributed by atoms with Gasteiger partial charge >= 0.3 is 12.1 Å². The number of benzene rings is 1. The molecule has 2 rings (SSSR count). The van der Waals surface area contributed by atoms with Crippen LogP contribution in [0, 0.1) is 11.7 Å². The van der Waals surface area contributed by atoms with E-state index in [1.165, 1.54) is 19.2 Å². The van der Waals surface area contributed by atoms with E-state index in [0.717, 1.165) is 32.1 Å². The summed E-state index contributed by atoms with van der Waals surface area (Å²) < 4.78 is 25.0. The molecular formula is C26H38FN3O6. The first kappa shape index (κ1) is 29.1. The summed E-state index contributed by atoms with van der Waals surface area (Å²) in [6.07, 6.45) is 4.01. The van der Waals surface area contributed by atoms with Crippen LogP contribution in [0.15, 0.2) is 18.2 Å². The minimum Gasteiger partial charge on any atom is -0.467 e. The maximum Gasteiger partial charge on any atom is 0.408 e. The van der Waals surface area contributed by atoms with Crippen LogP contribution in [-0.2, 0) is 30.3 Å². The van der Waals surface area contributed by atoms with Crippen LogP contribution in [0.25, 0.3) is 0 Å². The predicted octanol–water partition coefficient (Wildman–Crippen LogP) is 3.85. The Bertz CT molecular complexity index is 940. The van der Waals surface area contributed by atoms with Gasteiger partial charge in [-0.1, -0.05) is 32.3 Å². The van der Waals surface area contributed by atoms with Crippen molar-refractivity contribution in [3.05, 3.63) is 29.6 Å². The van der Waals surface area contributed by atoms with Gasteiger partial charge in [-0.05, 0) is 57.2 Å². The number of hydrogen-bond donors (Lipinski definition) is 3. The van der Waals surface area contributed by atoms with Crippen molar-refractivity contribution >= 4 is 29.6 Å². The van der Waals surface area contributed by atoms with Crippen LogP contribution in [0.5, 0.6) is 0 Å². The number of alkyl carbamates (subject to hydrolysis) is 1. The Morgan fingerprint density at radius 1 is 1.08 bits per heavy atom. The van der Waals surface area contributed by atoms with E-state index < -0.39 is 41.5 Å². The number of halogens is 1. The summed E-state index contributed by atoms with van der Waals surface area (Å²) in [7, 11) is 1.21. The molecule has 0 radical (unpaired) electrons. The molecule has 0 aliphatic heterocycles. The van der Waals surface area contributed by atoms with Crippen molar-refractivity contribution in [2.24, 2.45) is 5.92 Å². The molecule has 36 heavy (non-hydrogen) atoms. The van der Waals surface area contributed by atoms with Crippen LogP contribution in [0.3, 0.4) is 0 Å². The molecule has 3 N–H and O–H groups in total. The van der Waals surface area contributed by atoms with Gasteiger partial charge < -0.3 is 25.4 Å². The molecule has 1 saturated carbocycles. The molecule has 1 aromatic rings. The van der Waals surface area contributed by atoms with Crippen LogP contribution in [0.2, 0.25) is 0 Å². The SMILES string of the molecule is CCC(=O)N[C@H](Cc1ccc(NC(=O)[C@@H](NC(=O)OC(C)(C)C)C2CCCCC2)c(F)c1)C(=O)OC. The molecule has 0 saturated heterocycles. The van der Waals surface area contributed by atoms with Crippen LogP contribution < -0.4 is 16.0 Å². The lowest BCUT2D eigenvalue weighted by Crippen LogP contribution is -2.50. The van der Waals surface area contributed by atoms with Gasteiger partial charge in [0, 0.05) is 12.8 Å². The molecule has 0 spiro atoms. The number of esters is 1. The quantitative estimate of drug-likeness (QED) is 0.437. The third-order valence-corrected chi connectivity index (χ3v) is 5.95. The number of rotatable bonds is 9. The van der Waals surface area contributed by atoms with Crippen LogP contribution in [0.1, 0.15) is 71.8 Å². The van der Waals surface area contributed by atoms with Crippen molar-refractivity contribution in [2.45, 2.75) is 90.3 Å². The number of hydrogen-bond acceptors (Lipinski definition) is 6. The zero-order valence-electron chi connectivity index (χ0n) is 21.7. The van der Waals surface area contributed by atoms with Crippen molar-refractivity contribution in [2.75, 3.05) is 12.4 Å². The van der Waals surface area contributed by atoms with Gasteiger partial charge in [-0.25, -0.2) is 14.0 Å². The number of methoxy groups -OCH3 is 1. The molecule has 0 bridgehead atoms. The van der Waals surface area contributed by atoms with Gasteiger partial charge in [0.25, 0.3) is 0 Å². The lowest BCUT2D eigenvalue weighted by atomic mass is 9.83. The fourth-order valence-corrected chi connectivity index (χ4v) is 4.16. The second-order valence-electron chi connectivity index (χ2n) is 10.0. The number of carbonyl (C=O) groups is 4. The topological polar surface area (TPSA) is 123 Å². The Labute approximate surface area is 211 Å². The summed E-state index contributed by atoms with van der Waals surface area (Å²) >= 11 is 0. The standard InChI is InChI=1S/C26H38FN3O6/c1-6-21(31)28-20(24(33)35-5)15-16-12-13-19(18(27)14-16)29-23(32)22(17-10-8-7-9-11-17)30-25(34)36-26(2,3)4/h12-14,17,20,22H,6-11,15H2,1-5H3,(H,28,31)(H,29,32)(H,30,34)/t20-,22+/m1/s1. The summed E-state index contributed by atoms with van der Waals surface area (Å²) in [5.74, 6) is -2.29. The minimum atomic E-state index is -0.962. The lowest BCUT2D eigenvalue weighted by molar-refractivity contribution is -0.145. The molecule has 1 aromatic carbocycles. The zero-order chi connectivity index (χ0) is 26.9. The molecule has 0 unspecified atom stereocenters. The molecule has 3 amide bonds. The highest BCUT2D eigenvalue weighted by atomic mass is 19.1. The third-order valence-electron chi connectivity index (χ3n) is 5.95. The van der Waals surface area contributed by atoms with E-state index in [1.807, 2.05) is 0 Å². The molecular weight excluding hydrogens is 469 g/mol. The van der Waals surface area contributed by atoms with E-state index >= 15 is 0 Å². The maximum absolute atomic E-state index is 14.9. The number of nitrogens with one attached hydrogen (secondary N) is 3. The largest absolute Gasteiger partial charge is 0.467 e. The Morgan fingerprint density at radius 3 is 2.31 bits per heavy atom. The van der Waals surface area contributed by atoms with E-state index in [4.69, 9.17) is 9.47 Å². The van der Waals surface area contributed by atoms with Gasteiger partial charge in [0.1, 0.15) is 23.5 Å². The fourth-order valence-electron chi connectivity index (χ4n) is 4.16. The first-order valence-electron chi connectivity index (χ1n) is 12.4. The highest BCUT2D eigenvalue weighted by molar-refractivity contribution is 5.97. The van der Waals surface area contributed by atoms with Crippen molar-refractivity contribution in [3.8, 4) is 0 Å². The molecule has 0 heterocycles. The van der Waals surface area contributed by atoms with Gasteiger partial charge in [-0.3, -0.25) is 9.59 Å². The average Bonchev–Trinajstić information content (AvgIpc) is 2.82. The first-order chi connectivity index (χ1) is 16.9.